The van der Waals surface area contributed by atoms with Gasteiger partial charge in [0.15, 0.2) is 5.96 Å². The number of fused-ring (bicyclic) bond motifs is 1. The van der Waals surface area contributed by atoms with Gasteiger partial charge in [-0.2, -0.15) is 0 Å². The predicted octanol–water partition coefficient (Wildman–Crippen LogP) is 4.02. The molecule has 6 heteroatoms. The highest BCUT2D eigenvalue weighted by Crippen LogP contribution is 2.33. The van der Waals surface area contributed by atoms with Gasteiger partial charge >= 0.3 is 0 Å². The lowest BCUT2D eigenvalue weighted by Gasteiger charge is -2.30. The van der Waals surface area contributed by atoms with Crippen molar-refractivity contribution in [1.29, 1.82) is 0 Å². The van der Waals surface area contributed by atoms with Crippen LogP contribution in [0.5, 0.6) is 5.75 Å². The van der Waals surface area contributed by atoms with Gasteiger partial charge in [-0.3, -0.25) is 4.99 Å². The van der Waals surface area contributed by atoms with E-state index in [1.54, 1.807) is 0 Å². The smallest absolute Gasteiger partial charge is 0.191 e. The van der Waals surface area contributed by atoms with Crippen molar-refractivity contribution >= 4 is 29.9 Å². The van der Waals surface area contributed by atoms with Crippen LogP contribution in [0, 0.1) is 0 Å². The number of halogens is 1. The topological polar surface area (TPSA) is 65.9 Å². The van der Waals surface area contributed by atoms with Crippen molar-refractivity contribution < 1.29 is 9.84 Å². The number of hydrogen-bond donors (Lipinski definition) is 3. The maximum absolute atomic E-state index is 10.5. The fraction of sp³-hybridized carbons (Fsp3) is 0.435. The first-order chi connectivity index (χ1) is 13.6. The fourth-order valence-corrected chi connectivity index (χ4v) is 3.46. The fourth-order valence-electron chi connectivity index (χ4n) is 3.46. The number of nitrogens with zero attached hydrogens (tertiary/aromatic N) is 1. The van der Waals surface area contributed by atoms with Crippen molar-refractivity contribution in [3.8, 4) is 5.75 Å². The minimum Gasteiger partial charge on any atom is -0.491 e. The summed E-state index contributed by atoms with van der Waals surface area (Å²) in [6.07, 6.45) is 0.538. The minimum absolute atomic E-state index is 0. The van der Waals surface area contributed by atoms with Crippen LogP contribution in [0.2, 0.25) is 0 Å². The van der Waals surface area contributed by atoms with Crippen LogP contribution in [-0.2, 0) is 6.42 Å². The number of nitrogens with one attached hydrogen (secondary N) is 2. The molecule has 0 spiro atoms. The lowest BCUT2D eigenvalue weighted by molar-refractivity contribution is 0.185. The first kappa shape index (κ1) is 23.5. The van der Waals surface area contributed by atoms with E-state index in [2.05, 4.69) is 39.9 Å². The van der Waals surface area contributed by atoms with Crippen molar-refractivity contribution in [1.82, 2.24) is 10.6 Å². The molecule has 0 radical (unpaired) electrons. The van der Waals surface area contributed by atoms with Crippen LogP contribution < -0.4 is 15.4 Å². The summed E-state index contributed by atoms with van der Waals surface area (Å²) in [5, 5.41) is 17.2. The number of rotatable bonds is 8. The number of ether oxygens (including phenoxy) is 1. The van der Waals surface area contributed by atoms with Gasteiger partial charge in [0, 0.05) is 19.0 Å². The standard InChI is InChI=1S/C23H31N3O2.HI/c1-4-24-23(25-14-19-12-17-8-5-6-11-21(17)19)26-15-22(27)18-9-7-10-20(13-18)28-16(2)3;/h5-11,13,16,19,22,27H,4,12,14-15H2,1-3H3,(H2,24,25,26);1H. The zero-order valence-corrected chi connectivity index (χ0v) is 19.7. The van der Waals surface area contributed by atoms with Gasteiger partial charge in [0.25, 0.3) is 0 Å². The van der Waals surface area contributed by atoms with Crippen LogP contribution in [-0.4, -0.2) is 36.8 Å². The molecule has 29 heavy (non-hydrogen) atoms. The monoisotopic (exact) mass is 509 g/mol. The predicted molar refractivity (Wildman–Crippen MR) is 129 cm³/mol. The molecular formula is C23H32IN3O2. The van der Waals surface area contributed by atoms with Crippen LogP contribution in [0.25, 0.3) is 0 Å². The van der Waals surface area contributed by atoms with Gasteiger partial charge in [0.1, 0.15) is 5.75 Å². The van der Waals surface area contributed by atoms with Crippen LogP contribution in [0.3, 0.4) is 0 Å². The quantitative estimate of drug-likeness (QED) is 0.286. The molecule has 2 atom stereocenters. The van der Waals surface area contributed by atoms with Gasteiger partial charge in [-0.1, -0.05) is 36.4 Å². The van der Waals surface area contributed by atoms with E-state index in [1.165, 1.54) is 11.1 Å². The zero-order valence-electron chi connectivity index (χ0n) is 17.4. The molecular weight excluding hydrogens is 477 g/mol. The van der Waals surface area contributed by atoms with Gasteiger partial charge in [0.05, 0.1) is 18.8 Å². The molecule has 2 aromatic rings. The van der Waals surface area contributed by atoms with Gasteiger partial charge in [-0.05, 0) is 56.0 Å². The Morgan fingerprint density at radius 3 is 2.69 bits per heavy atom. The van der Waals surface area contributed by atoms with E-state index in [9.17, 15) is 5.11 Å². The first-order valence-electron chi connectivity index (χ1n) is 10.1. The summed E-state index contributed by atoms with van der Waals surface area (Å²) < 4.78 is 5.71. The largest absolute Gasteiger partial charge is 0.491 e. The summed E-state index contributed by atoms with van der Waals surface area (Å²) in [6, 6.07) is 16.2. The number of aliphatic hydroxyl groups is 1. The van der Waals surface area contributed by atoms with Crippen molar-refractivity contribution in [2.24, 2.45) is 4.99 Å². The molecule has 3 rings (SSSR count). The minimum atomic E-state index is -0.671. The Kier molecular flexibility index (Phi) is 9.23. The summed E-state index contributed by atoms with van der Waals surface area (Å²) in [5.41, 5.74) is 3.67. The van der Waals surface area contributed by atoms with Crippen LogP contribution in [0.4, 0.5) is 0 Å². The Labute approximate surface area is 191 Å². The number of guanidine groups is 1. The number of aliphatic imine (C=N–C) groups is 1. The number of aliphatic hydroxyl groups excluding tert-OH is 1. The third-order valence-electron chi connectivity index (χ3n) is 4.86. The average Bonchev–Trinajstić information content (AvgIpc) is 2.66. The zero-order chi connectivity index (χ0) is 19.9. The van der Waals surface area contributed by atoms with Gasteiger partial charge in [0.2, 0.25) is 0 Å². The van der Waals surface area contributed by atoms with E-state index in [1.807, 2.05) is 45.0 Å². The molecule has 0 aliphatic heterocycles. The van der Waals surface area contributed by atoms with Crippen molar-refractivity contribution in [3.05, 3.63) is 65.2 Å². The summed E-state index contributed by atoms with van der Waals surface area (Å²) in [7, 11) is 0. The van der Waals surface area contributed by atoms with Crippen LogP contribution in [0.15, 0.2) is 53.5 Å². The number of benzene rings is 2. The molecule has 1 aliphatic rings. The molecule has 2 aromatic carbocycles. The lowest BCUT2D eigenvalue weighted by atomic mass is 9.78. The molecule has 0 saturated heterocycles. The molecule has 0 saturated carbocycles. The Morgan fingerprint density at radius 1 is 1.17 bits per heavy atom. The molecule has 3 N–H and O–H groups in total. The molecule has 0 bridgehead atoms. The molecule has 2 unspecified atom stereocenters. The molecule has 1 aliphatic carbocycles. The van der Waals surface area contributed by atoms with Gasteiger partial charge < -0.3 is 20.5 Å². The van der Waals surface area contributed by atoms with Gasteiger partial charge in [-0.15, -0.1) is 24.0 Å². The Balaban J connectivity index is 0.00000300. The summed E-state index contributed by atoms with van der Waals surface area (Å²) in [4.78, 5) is 4.57. The second-order valence-electron chi connectivity index (χ2n) is 7.46. The van der Waals surface area contributed by atoms with E-state index < -0.39 is 6.10 Å². The average molecular weight is 509 g/mol. The molecule has 0 aromatic heterocycles. The van der Waals surface area contributed by atoms with E-state index in [-0.39, 0.29) is 30.1 Å². The molecule has 0 amide bonds. The highest BCUT2D eigenvalue weighted by atomic mass is 127. The highest BCUT2D eigenvalue weighted by Gasteiger charge is 2.25. The summed E-state index contributed by atoms with van der Waals surface area (Å²) in [5.74, 6) is 2.03. The third kappa shape index (κ3) is 6.60. The summed E-state index contributed by atoms with van der Waals surface area (Å²) >= 11 is 0. The van der Waals surface area contributed by atoms with E-state index in [4.69, 9.17) is 4.74 Å². The van der Waals surface area contributed by atoms with E-state index in [0.29, 0.717) is 12.5 Å². The molecule has 0 heterocycles. The second-order valence-corrected chi connectivity index (χ2v) is 7.46. The van der Waals surface area contributed by atoms with Crippen LogP contribution in [0.1, 0.15) is 49.5 Å². The third-order valence-corrected chi connectivity index (χ3v) is 4.86. The maximum Gasteiger partial charge on any atom is 0.191 e. The Bertz CT molecular complexity index is 810. The van der Waals surface area contributed by atoms with E-state index in [0.717, 1.165) is 36.8 Å². The van der Waals surface area contributed by atoms with Gasteiger partial charge in [-0.25, -0.2) is 0 Å². The second kappa shape index (κ2) is 11.4. The normalized spacial score (nSPS) is 16.3. The van der Waals surface area contributed by atoms with Crippen molar-refractivity contribution in [2.75, 3.05) is 19.6 Å². The van der Waals surface area contributed by atoms with Crippen LogP contribution >= 0.6 is 24.0 Å². The highest BCUT2D eigenvalue weighted by molar-refractivity contribution is 14.0. The first-order valence-corrected chi connectivity index (χ1v) is 10.1. The summed E-state index contributed by atoms with van der Waals surface area (Å²) in [6.45, 7) is 7.93. The lowest BCUT2D eigenvalue weighted by Crippen LogP contribution is -2.41. The Morgan fingerprint density at radius 2 is 1.97 bits per heavy atom. The van der Waals surface area contributed by atoms with Crippen molar-refractivity contribution in [3.63, 3.8) is 0 Å². The van der Waals surface area contributed by atoms with Crippen molar-refractivity contribution in [2.45, 2.75) is 45.3 Å². The molecule has 158 valence electrons. The SMILES string of the molecule is CCNC(=NCC(O)c1cccc(OC(C)C)c1)NCC1Cc2ccccc21.I. The maximum atomic E-state index is 10.5. The Hall–Kier alpha value is -1.80. The van der Waals surface area contributed by atoms with E-state index >= 15 is 0 Å². The number of hydrogen-bond acceptors (Lipinski definition) is 3. The molecule has 0 fully saturated rings. The molecule has 5 nitrogen and oxygen atoms in total.